The molecule has 18 heteroatoms. The van der Waals surface area contributed by atoms with Crippen LogP contribution in [0.3, 0.4) is 0 Å². The SMILES string of the molecule is Cc1ccc(CNC(=O)[C@H](CCCNC(N)=O)NC(=O)[C@@H](Cc2c[nH]c3ccccc23)C2(C(N)=O)CCCCN2C(=O)[C@H](CCS(C)(=O)=O)NC(=O)CCl)cc1. The van der Waals surface area contributed by atoms with E-state index in [9.17, 15) is 37.2 Å². The number of carbonyl (C=O) groups is 6. The summed E-state index contributed by atoms with van der Waals surface area (Å²) in [5.41, 5.74) is 12.8. The molecule has 4 rings (SSSR count). The largest absolute Gasteiger partial charge is 0.368 e. The molecule has 2 heterocycles. The second-order valence-corrected chi connectivity index (χ2v) is 16.7. The third kappa shape index (κ3) is 11.4. The van der Waals surface area contributed by atoms with Gasteiger partial charge in [0.15, 0.2) is 0 Å². The maximum Gasteiger partial charge on any atom is 0.312 e. The molecule has 1 aliphatic rings. The van der Waals surface area contributed by atoms with E-state index in [0.717, 1.165) is 28.3 Å². The Labute approximate surface area is 331 Å². The van der Waals surface area contributed by atoms with Crippen molar-refractivity contribution in [2.24, 2.45) is 17.4 Å². The smallest absolute Gasteiger partial charge is 0.312 e. The van der Waals surface area contributed by atoms with Gasteiger partial charge in [-0.1, -0.05) is 48.0 Å². The van der Waals surface area contributed by atoms with E-state index in [-0.39, 0.29) is 51.7 Å². The van der Waals surface area contributed by atoms with Gasteiger partial charge in [0.2, 0.25) is 29.5 Å². The van der Waals surface area contributed by atoms with Gasteiger partial charge in [0.25, 0.3) is 0 Å². The maximum atomic E-state index is 14.9. The number of carbonyl (C=O) groups excluding carboxylic acids is 6. The molecule has 1 aliphatic heterocycles. The molecule has 1 fully saturated rings. The van der Waals surface area contributed by atoms with Crippen molar-refractivity contribution in [3.05, 3.63) is 71.4 Å². The van der Waals surface area contributed by atoms with Crippen LogP contribution in [0.2, 0.25) is 0 Å². The zero-order valence-corrected chi connectivity index (χ0v) is 33.1. The van der Waals surface area contributed by atoms with Crippen LogP contribution in [0.4, 0.5) is 4.79 Å². The predicted molar refractivity (Wildman–Crippen MR) is 212 cm³/mol. The highest BCUT2D eigenvalue weighted by atomic mass is 35.5. The van der Waals surface area contributed by atoms with Gasteiger partial charge in [-0.05, 0) is 69.1 Å². The number of nitrogens with two attached hydrogens (primary N) is 2. The molecule has 0 bridgehead atoms. The number of primary amides is 2. The van der Waals surface area contributed by atoms with Crippen LogP contribution in [0.5, 0.6) is 0 Å². The molecule has 0 aliphatic carbocycles. The molecule has 4 atom stereocenters. The average molecular weight is 815 g/mol. The molecule has 304 valence electrons. The number of rotatable bonds is 19. The number of nitrogens with one attached hydrogen (secondary N) is 5. The van der Waals surface area contributed by atoms with Gasteiger partial charge in [-0.2, -0.15) is 0 Å². The summed E-state index contributed by atoms with van der Waals surface area (Å²) >= 11 is 5.76. The zero-order valence-electron chi connectivity index (χ0n) is 31.6. The number of halogens is 1. The molecular formula is C38H51ClN8O8S. The molecule has 1 aromatic heterocycles. The third-order valence-corrected chi connectivity index (χ3v) is 11.3. The Morgan fingerprint density at radius 2 is 1.64 bits per heavy atom. The number of benzene rings is 2. The van der Waals surface area contributed by atoms with Gasteiger partial charge >= 0.3 is 6.03 Å². The number of para-hydroxylation sites is 1. The molecule has 0 radical (unpaired) electrons. The fourth-order valence-corrected chi connectivity index (χ4v) is 7.92. The van der Waals surface area contributed by atoms with E-state index in [1.165, 1.54) is 4.90 Å². The van der Waals surface area contributed by atoms with Gasteiger partial charge in [0.1, 0.15) is 33.3 Å². The molecule has 3 aromatic rings. The van der Waals surface area contributed by atoms with Gasteiger partial charge in [-0.3, -0.25) is 24.0 Å². The molecular weight excluding hydrogens is 764 g/mol. The van der Waals surface area contributed by atoms with Crippen molar-refractivity contribution in [1.82, 2.24) is 31.2 Å². The van der Waals surface area contributed by atoms with Crippen molar-refractivity contribution in [3.63, 3.8) is 0 Å². The lowest BCUT2D eigenvalue weighted by Crippen LogP contribution is -2.70. The van der Waals surface area contributed by atoms with Crippen LogP contribution in [0.25, 0.3) is 10.9 Å². The topological polar surface area (TPSA) is 256 Å². The number of H-pyrrole nitrogens is 1. The number of hydrogen-bond donors (Lipinski definition) is 7. The molecule has 7 amide bonds. The zero-order chi connectivity index (χ0) is 41.0. The van der Waals surface area contributed by atoms with Gasteiger partial charge in [0.05, 0.1) is 11.7 Å². The van der Waals surface area contributed by atoms with Gasteiger partial charge in [-0.25, -0.2) is 13.2 Å². The fraction of sp³-hybridized carbons (Fsp3) is 0.474. The maximum absolute atomic E-state index is 14.9. The predicted octanol–water partition coefficient (Wildman–Crippen LogP) is 1.28. The number of nitrogens with zero attached hydrogens (tertiary/aromatic N) is 1. The minimum atomic E-state index is -3.60. The van der Waals surface area contributed by atoms with E-state index in [4.69, 9.17) is 23.1 Å². The lowest BCUT2D eigenvalue weighted by molar-refractivity contribution is -0.160. The number of urea groups is 1. The first kappa shape index (κ1) is 43.6. The van der Waals surface area contributed by atoms with E-state index in [2.05, 4.69) is 26.3 Å². The quantitative estimate of drug-likeness (QED) is 0.0684. The molecule has 1 saturated heterocycles. The summed E-state index contributed by atoms with van der Waals surface area (Å²) in [5, 5.41) is 11.4. The van der Waals surface area contributed by atoms with E-state index >= 15 is 0 Å². The van der Waals surface area contributed by atoms with Crippen LogP contribution in [-0.4, -0.2) is 102 Å². The Bertz CT molecular complexity index is 2010. The summed E-state index contributed by atoms with van der Waals surface area (Å²) in [5.74, 6) is -6.15. The Kier molecular flexibility index (Phi) is 15.3. The normalized spacial score (nSPS) is 17.3. The highest BCUT2D eigenvalue weighted by molar-refractivity contribution is 7.90. The first-order valence-electron chi connectivity index (χ1n) is 18.4. The molecule has 2 aromatic carbocycles. The van der Waals surface area contributed by atoms with Crippen molar-refractivity contribution in [1.29, 1.82) is 0 Å². The number of likely N-dealkylation sites (tertiary alicyclic amines) is 1. The van der Waals surface area contributed by atoms with Crippen LogP contribution < -0.4 is 32.7 Å². The Balaban J connectivity index is 1.78. The minimum Gasteiger partial charge on any atom is -0.368 e. The minimum absolute atomic E-state index is 0.0369. The summed E-state index contributed by atoms with van der Waals surface area (Å²) < 4.78 is 24.4. The van der Waals surface area contributed by atoms with Crippen LogP contribution in [-0.2, 0) is 46.8 Å². The number of piperidine rings is 1. The number of hydrogen-bond acceptors (Lipinski definition) is 8. The summed E-state index contributed by atoms with van der Waals surface area (Å²) in [4.78, 5) is 85.5. The number of amides is 7. The monoisotopic (exact) mass is 814 g/mol. The van der Waals surface area contributed by atoms with E-state index in [1.807, 2.05) is 55.5 Å². The summed E-state index contributed by atoms with van der Waals surface area (Å²) in [6.07, 6.45) is 3.34. The first-order chi connectivity index (χ1) is 26.5. The van der Waals surface area contributed by atoms with Crippen molar-refractivity contribution in [2.75, 3.05) is 31.0 Å². The van der Waals surface area contributed by atoms with E-state index < -0.39 is 80.6 Å². The Morgan fingerprint density at radius 1 is 0.929 bits per heavy atom. The molecule has 56 heavy (non-hydrogen) atoms. The van der Waals surface area contributed by atoms with Crippen LogP contribution in [0.1, 0.15) is 55.2 Å². The molecule has 0 spiro atoms. The van der Waals surface area contributed by atoms with Crippen molar-refractivity contribution < 1.29 is 37.2 Å². The third-order valence-electron chi connectivity index (χ3n) is 10.1. The highest BCUT2D eigenvalue weighted by Gasteiger charge is 2.56. The van der Waals surface area contributed by atoms with Crippen molar-refractivity contribution in [2.45, 2.75) is 76.0 Å². The molecule has 9 N–H and O–H groups in total. The van der Waals surface area contributed by atoms with Crippen molar-refractivity contribution >= 4 is 67.9 Å². The number of aromatic amines is 1. The number of aromatic nitrogens is 1. The van der Waals surface area contributed by atoms with Crippen molar-refractivity contribution in [3.8, 4) is 0 Å². The second-order valence-electron chi connectivity index (χ2n) is 14.2. The average Bonchev–Trinajstić information content (AvgIpc) is 3.57. The number of fused-ring (bicyclic) bond motifs is 1. The van der Waals surface area contributed by atoms with Crippen LogP contribution in [0, 0.1) is 12.8 Å². The number of sulfone groups is 1. The van der Waals surface area contributed by atoms with Gasteiger partial charge < -0.3 is 42.6 Å². The van der Waals surface area contributed by atoms with E-state index in [1.54, 1.807) is 6.20 Å². The molecule has 1 unspecified atom stereocenters. The number of alkyl halides is 1. The van der Waals surface area contributed by atoms with Crippen LogP contribution in [0.15, 0.2) is 54.7 Å². The van der Waals surface area contributed by atoms with Crippen LogP contribution >= 0.6 is 11.6 Å². The number of aryl methyl sites for hydroxylation is 1. The van der Waals surface area contributed by atoms with Gasteiger partial charge in [-0.15, -0.1) is 11.6 Å². The summed E-state index contributed by atoms with van der Waals surface area (Å²) in [6, 6.07) is 11.5. The van der Waals surface area contributed by atoms with Gasteiger partial charge in [0, 0.05) is 43.0 Å². The highest BCUT2D eigenvalue weighted by Crippen LogP contribution is 2.39. The fourth-order valence-electron chi connectivity index (χ4n) is 7.18. The molecule has 0 saturated carbocycles. The standard InChI is InChI=1S/C38H51ClN8O8S/c1-24-11-13-25(14-12-24)22-44-34(50)30(10-7-17-42-37(41)53)46-33(49)28(20-26-23-43-29-9-4-3-8-27(26)29)38(36(40)52)16-5-6-18-47(38)35(51)31(45-32(48)21-39)15-19-56(2,54)55/h3-4,8-9,11-14,23,28,30-31,43H,5-7,10,15-22H2,1-2H3,(H2,40,52)(H,44,50)(H,45,48)(H,46,49)(H3,41,42,53)/t28-,30+,31+,38?/m1/s1. The van der Waals surface area contributed by atoms with E-state index in [0.29, 0.717) is 18.4 Å². The molecule has 16 nitrogen and oxygen atoms in total. The Hall–Kier alpha value is -5.16. The first-order valence-corrected chi connectivity index (χ1v) is 21.0. The lowest BCUT2D eigenvalue weighted by atomic mass is 9.71. The summed E-state index contributed by atoms with van der Waals surface area (Å²) in [6.45, 7) is 2.17. The Morgan fingerprint density at radius 3 is 2.30 bits per heavy atom. The lowest BCUT2D eigenvalue weighted by Gasteiger charge is -2.50. The summed E-state index contributed by atoms with van der Waals surface area (Å²) in [7, 11) is -3.60. The second kappa shape index (κ2) is 19.6.